The molecule has 0 bridgehead atoms. The molecule has 3 heterocycles. The van der Waals surface area contributed by atoms with Gasteiger partial charge in [-0.2, -0.15) is 0 Å². The number of piperazine rings is 1. The molecular formula is C29H40N6O2. The molecule has 0 N–H and O–H groups in total. The molecule has 37 heavy (non-hydrogen) atoms. The van der Waals surface area contributed by atoms with Gasteiger partial charge in [-0.3, -0.25) is 9.88 Å². The highest BCUT2D eigenvalue weighted by Crippen LogP contribution is 2.34. The van der Waals surface area contributed by atoms with Gasteiger partial charge in [-0.15, -0.1) is 0 Å². The number of nitrogens with zero attached hydrogens (tertiary/aromatic N) is 6. The SMILES string of the molecule is CCN(Cc1nc2cccc(N3CCN(C(=O)OC(C)(C)C)CC3)c2n1C)[C@H]1CCCc2cccnc21. The number of benzene rings is 1. The van der Waals surface area contributed by atoms with Crippen LogP contribution in [0.2, 0.25) is 0 Å². The summed E-state index contributed by atoms with van der Waals surface area (Å²) in [7, 11) is 2.13. The summed E-state index contributed by atoms with van der Waals surface area (Å²) in [4.78, 5) is 29.1. The molecule has 8 heteroatoms. The lowest BCUT2D eigenvalue weighted by molar-refractivity contribution is 0.0240. The van der Waals surface area contributed by atoms with E-state index in [2.05, 4.69) is 58.7 Å². The molecule has 5 rings (SSSR count). The van der Waals surface area contributed by atoms with Gasteiger partial charge in [0, 0.05) is 39.4 Å². The maximum absolute atomic E-state index is 12.5. The number of rotatable bonds is 5. The van der Waals surface area contributed by atoms with Gasteiger partial charge in [0.1, 0.15) is 11.4 Å². The molecule has 0 saturated carbocycles. The number of hydrogen-bond donors (Lipinski definition) is 0. The zero-order valence-electron chi connectivity index (χ0n) is 22.9. The average molecular weight is 505 g/mol. The van der Waals surface area contributed by atoms with Gasteiger partial charge in [0.25, 0.3) is 0 Å². The fraction of sp³-hybridized carbons (Fsp3) is 0.552. The van der Waals surface area contributed by atoms with Crippen molar-refractivity contribution < 1.29 is 9.53 Å². The van der Waals surface area contributed by atoms with Crippen LogP contribution < -0.4 is 4.90 Å². The van der Waals surface area contributed by atoms with Crippen LogP contribution in [-0.2, 0) is 24.8 Å². The van der Waals surface area contributed by atoms with Crippen molar-refractivity contribution in [3.8, 4) is 0 Å². The van der Waals surface area contributed by atoms with Crippen LogP contribution in [0.1, 0.15) is 63.7 Å². The second-order valence-corrected chi connectivity index (χ2v) is 11.2. The quantitative estimate of drug-likeness (QED) is 0.491. The zero-order chi connectivity index (χ0) is 26.2. The summed E-state index contributed by atoms with van der Waals surface area (Å²) >= 11 is 0. The van der Waals surface area contributed by atoms with Crippen LogP contribution in [0.5, 0.6) is 0 Å². The van der Waals surface area contributed by atoms with E-state index in [1.54, 1.807) is 0 Å². The first-order valence-corrected chi connectivity index (χ1v) is 13.6. The molecule has 1 saturated heterocycles. The van der Waals surface area contributed by atoms with Crippen LogP contribution in [0.25, 0.3) is 11.0 Å². The van der Waals surface area contributed by atoms with E-state index in [9.17, 15) is 4.79 Å². The first-order valence-electron chi connectivity index (χ1n) is 13.6. The number of anilines is 1. The maximum atomic E-state index is 12.5. The van der Waals surface area contributed by atoms with Crippen molar-refractivity contribution >= 4 is 22.8 Å². The lowest BCUT2D eigenvalue weighted by Gasteiger charge is -2.37. The standard InChI is InChI=1S/C29H40N6O2/c1-6-33(23-13-7-10-21-11-9-15-30-26(21)23)20-25-31-22-12-8-14-24(27(22)32(25)5)34-16-18-35(19-17-34)28(36)37-29(2,3)4/h8-9,11-12,14-15,23H,6-7,10,13,16-20H2,1-5H3/t23-/m0/s1. The monoisotopic (exact) mass is 504 g/mol. The van der Waals surface area contributed by atoms with E-state index in [0.29, 0.717) is 19.1 Å². The van der Waals surface area contributed by atoms with E-state index in [0.717, 1.165) is 55.9 Å². The molecule has 0 spiro atoms. The van der Waals surface area contributed by atoms with E-state index in [1.807, 2.05) is 31.9 Å². The summed E-state index contributed by atoms with van der Waals surface area (Å²) in [5, 5.41) is 0. The summed E-state index contributed by atoms with van der Waals surface area (Å²) in [5.74, 6) is 1.07. The van der Waals surface area contributed by atoms with Crippen LogP contribution >= 0.6 is 0 Å². The fourth-order valence-electron chi connectivity index (χ4n) is 5.71. The molecule has 1 aliphatic heterocycles. The third kappa shape index (κ3) is 5.30. The van der Waals surface area contributed by atoms with E-state index >= 15 is 0 Å². The number of imidazole rings is 1. The van der Waals surface area contributed by atoms with Crippen molar-refractivity contribution in [2.75, 3.05) is 37.6 Å². The van der Waals surface area contributed by atoms with Crippen molar-refractivity contribution in [2.24, 2.45) is 7.05 Å². The second-order valence-electron chi connectivity index (χ2n) is 11.2. The first kappa shape index (κ1) is 25.5. The Kier molecular flexibility index (Phi) is 7.12. The minimum atomic E-state index is -0.479. The minimum Gasteiger partial charge on any atom is -0.444 e. The van der Waals surface area contributed by atoms with Crippen molar-refractivity contribution in [1.29, 1.82) is 0 Å². The molecule has 2 aliphatic rings. The molecule has 1 atom stereocenters. The molecule has 1 fully saturated rings. The predicted octanol–water partition coefficient (Wildman–Crippen LogP) is 4.92. The summed E-state index contributed by atoms with van der Waals surface area (Å²) in [6.07, 6.45) is 5.14. The molecule has 198 valence electrons. The van der Waals surface area contributed by atoms with Crippen LogP contribution in [0.3, 0.4) is 0 Å². The fourth-order valence-corrected chi connectivity index (χ4v) is 5.71. The van der Waals surface area contributed by atoms with E-state index in [-0.39, 0.29) is 6.09 Å². The Morgan fingerprint density at radius 1 is 1.14 bits per heavy atom. The second kappa shape index (κ2) is 10.3. The molecular weight excluding hydrogens is 464 g/mol. The summed E-state index contributed by atoms with van der Waals surface area (Å²) < 4.78 is 7.84. The normalized spacial score (nSPS) is 18.4. The number of aromatic nitrogens is 3. The van der Waals surface area contributed by atoms with Crippen LogP contribution in [0.15, 0.2) is 36.5 Å². The first-order chi connectivity index (χ1) is 17.7. The van der Waals surface area contributed by atoms with E-state index in [4.69, 9.17) is 14.7 Å². The summed E-state index contributed by atoms with van der Waals surface area (Å²) in [6, 6.07) is 11.0. The van der Waals surface area contributed by atoms with Crippen molar-refractivity contribution in [3.05, 3.63) is 53.6 Å². The Morgan fingerprint density at radius 3 is 2.65 bits per heavy atom. The highest BCUT2D eigenvalue weighted by atomic mass is 16.6. The lowest BCUT2D eigenvalue weighted by Crippen LogP contribution is -2.50. The predicted molar refractivity (Wildman–Crippen MR) is 147 cm³/mol. The van der Waals surface area contributed by atoms with Gasteiger partial charge >= 0.3 is 6.09 Å². The number of fused-ring (bicyclic) bond motifs is 2. The Balaban J connectivity index is 1.35. The van der Waals surface area contributed by atoms with E-state index in [1.165, 1.54) is 23.4 Å². The van der Waals surface area contributed by atoms with Gasteiger partial charge in [0.2, 0.25) is 0 Å². The highest BCUT2D eigenvalue weighted by molar-refractivity contribution is 5.89. The van der Waals surface area contributed by atoms with Crippen LogP contribution in [-0.4, -0.2) is 68.8 Å². The van der Waals surface area contributed by atoms with Crippen molar-refractivity contribution in [2.45, 2.75) is 65.1 Å². The zero-order valence-corrected chi connectivity index (χ0v) is 22.9. The maximum Gasteiger partial charge on any atom is 0.410 e. The smallest absolute Gasteiger partial charge is 0.410 e. The lowest BCUT2D eigenvalue weighted by atomic mass is 9.91. The molecule has 1 aliphatic carbocycles. The van der Waals surface area contributed by atoms with Gasteiger partial charge in [-0.1, -0.05) is 19.1 Å². The Morgan fingerprint density at radius 2 is 1.92 bits per heavy atom. The molecule has 1 aromatic carbocycles. The van der Waals surface area contributed by atoms with Crippen molar-refractivity contribution in [3.63, 3.8) is 0 Å². The number of pyridine rings is 1. The summed E-state index contributed by atoms with van der Waals surface area (Å²) in [6.45, 7) is 12.5. The van der Waals surface area contributed by atoms with Gasteiger partial charge in [-0.25, -0.2) is 9.78 Å². The number of amides is 1. The van der Waals surface area contributed by atoms with Gasteiger partial charge in [0.05, 0.1) is 35.0 Å². The number of aryl methyl sites for hydroxylation is 2. The molecule has 0 radical (unpaired) electrons. The number of ether oxygens (including phenoxy) is 1. The molecule has 0 unspecified atom stereocenters. The van der Waals surface area contributed by atoms with Gasteiger partial charge in [0.15, 0.2) is 0 Å². The number of para-hydroxylation sites is 1. The Hall–Kier alpha value is -3.13. The average Bonchev–Trinajstić information content (AvgIpc) is 3.21. The highest BCUT2D eigenvalue weighted by Gasteiger charge is 2.29. The molecule has 2 aromatic heterocycles. The molecule has 1 amide bonds. The third-order valence-corrected chi connectivity index (χ3v) is 7.59. The Bertz CT molecular complexity index is 1260. The molecule has 8 nitrogen and oxygen atoms in total. The minimum absolute atomic E-state index is 0.230. The summed E-state index contributed by atoms with van der Waals surface area (Å²) in [5.41, 5.74) is 5.49. The number of hydrogen-bond acceptors (Lipinski definition) is 6. The number of carbonyl (C=O) groups excluding carboxylic acids is 1. The van der Waals surface area contributed by atoms with Crippen molar-refractivity contribution in [1.82, 2.24) is 24.3 Å². The molecule has 3 aromatic rings. The van der Waals surface area contributed by atoms with Gasteiger partial charge in [-0.05, 0) is 70.3 Å². The van der Waals surface area contributed by atoms with Crippen LogP contribution in [0, 0.1) is 0 Å². The number of carbonyl (C=O) groups is 1. The Labute approximate surface area is 220 Å². The van der Waals surface area contributed by atoms with Gasteiger partial charge < -0.3 is 19.1 Å². The van der Waals surface area contributed by atoms with E-state index < -0.39 is 5.60 Å². The third-order valence-electron chi connectivity index (χ3n) is 7.59. The largest absolute Gasteiger partial charge is 0.444 e. The van der Waals surface area contributed by atoms with Crippen LogP contribution in [0.4, 0.5) is 10.5 Å². The topological polar surface area (TPSA) is 66.7 Å².